The normalized spacial score (nSPS) is 15.2. The van der Waals surface area contributed by atoms with Crippen LogP contribution in [-0.2, 0) is 12.8 Å². The van der Waals surface area contributed by atoms with Gasteiger partial charge in [-0.1, -0.05) is 36.4 Å². The first kappa shape index (κ1) is 19.6. The number of fused-ring (bicyclic) bond motifs is 3. The third-order valence-electron chi connectivity index (χ3n) is 6.26. The number of benzene rings is 3. The highest BCUT2D eigenvalue weighted by atomic mass is 16.5. The number of furan rings is 1. The smallest absolute Gasteiger partial charge is 0.148 e. The minimum absolute atomic E-state index is 0.698. The molecule has 2 aliphatic heterocycles. The summed E-state index contributed by atoms with van der Waals surface area (Å²) in [6.07, 6.45) is 5.65. The molecule has 3 aromatic carbocycles. The van der Waals surface area contributed by atoms with E-state index in [9.17, 15) is 0 Å². The van der Waals surface area contributed by atoms with E-state index in [1.807, 2.05) is 46.6 Å². The largest absolute Gasteiger partial charge is 0.497 e. The summed E-state index contributed by atoms with van der Waals surface area (Å²) in [5.74, 6) is 1.47. The highest BCUT2D eigenvalue weighted by molar-refractivity contribution is 6.00. The van der Waals surface area contributed by atoms with Crippen molar-refractivity contribution in [2.45, 2.75) is 12.8 Å². The fourth-order valence-corrected chi connectivity index (χ4v) is 4.59. The van der Waals surface area contributed by atoms with Crippen molar-refractivity contribution in [2.75, 3.05) is 30.2 Å². The second kappa shape index (κ2) is 8.13. The van der Waals surface area contributed by atoms with Crippen molar-refractivity contribution < 1.29 is 9.15 Å². The lowest BCUT2D eigenvalue weighted by molar-refractivity contribution is 0.415. The van der Waals surface area contributed by atoms with Crippen molar-refractivity contribution >= 4 is 34.8 Å². The highest BCUT2D eigenvalue weighted by Gasteiger charge is 2.19. The molecule has 3 heterocycles. The van der Waals surface area contributed by atoms with Gasteiger partial charge in [-0.2, -0.15) is 10.2 Å². The maximum Gasteiger partial charge on any atom is 0.148 e. The fraction of sp³-hybridized carbons (Fsp3) is 0.185. The summed E-state index contributed by atoms with van der Waals surface area (Å²) in [5, 5.41) is 14.5. The summed E-state index contributed by atoms with van der Waals surface area (Å²) in [7, 11) is 1.67. The molecule has 0 unspecified atom stereocenters. The van der Waals surface area contributed by atoms with Crippen LogP contribution in [0.4, 0.5) is 11.4 Å². The average molecular weight is 437 g/mol. The molecular formula is C27H24N4O2. The molecule has 6 rings (SSSR count). The van der Waals surface area contributed by atoms with Crippen LogP contribution in [0.5, 0.6) is 5.75 Å². The lowest BCUT2D eigenvalue weighted by atomic mass is 10.1. The monoisotopic (exact) mass is 436 g/mol. The second-order valence-corrected chi connectivity index (χ2v) is 8.28. The van der Waals surface area contributed by atoms with Crippen LogP contribution < -0.4 is 14.8 Å². The highest BCUT2D eigenvalue weighted by Crippen LogP contribution is 2.31. The maximum absolute atomic E-state index is 6.19. The Bertz CT molecular complexity index is 1390. The predicted octanol–water partition coefficient (Wildman–Crippen LogP) is 5.23. The molecule has 1 aromatic heterocycles. The van der Waals surface area contributed by atoms with Crippen LogP contribution in [-0.4, -0.2) is 32.6 Å². The quantitative estimate of drug-likeness (QED) is 0.402. The Hall–Kier alpha value is -4.06. The number of hydrogen-bond acceptors (Lipinski definition) is 6. The SMILES string of the molecule is COc1cc(C=NN2CCc3ccccc32)c2oc(C=NN3CCc4ccccc43)cc2c1. The van der Waals surface area contributed by atoms with E-state index in [0.29, 0.717) is 5.76 Å². The van der Waals surface area contributed by atoms with Crippen LogP contribution in [0.2, 0.25) is 0 Å². The number of nitrogens with zero attached hydrogens (tertiary/aromatic N) is 4. The molecule has 33 heavy (non-hydrogen) atoms. The van der Waals surface area contributed by atoms with Crippen molar-refractivity contribution in [2.24, 2.45) is 10.2 Å². The Kier molecular flexibility index (Phi) is 4.83. The number of para-hydroxylation sites is 2. The number of hydrogen-bond donors (Lipinski definition) is 0. The van der Waals surface area contributed by atoms with Crippen LogP contribution in [0.3, 0.4) is 0 Å². The standard InChI is InChI=1S/C27H24N4O2/c1-32-23-14-21-15-24(18-29-31-13-11-20-7-3-5-9-26(20)31)33-27(21)22(16-23)17-28-30-12-10-19-6-2-4-8-25(19)30/h2-9,14-18H,10-13H2,1H3. The molecule has 6 nitrogen and oxygen atoms in total. The van der Waals surface area contributed by atoms with Crippen LogP contribution >= 0.6 is 0 Å². The first-order chi connectivity index (χ1) is 16.3. The van der Waals surface area contributed by atoms with Gasteiger partial charge in [-0.15, -0.1) is 0 Å². The zero-order chi connectivity index (χ0) is 22.2. The molecule has 0 radical (unpaired) electrons. The third-order valence-corrected chi connectivity index (χ3v) is 6.26. The summed E-state index contributed by atoms with van der Waals surface area (Å²) in [6.45, 7) is 1.75. The molecule has 0 fully saturated rings. The zero-order valence-corrected chi connectivity index (χ0v) is 18.4. The van der Waals surface area contributed by atoms with Crippen molar-refractivity contribution in [3.05, 3.63) is 89.2 Å². The predicted molar refractivity (Wildman–Crippen MR) is 133 cm³/mol. The number of ether oxygens (including phenoxy) is 1. The van der Waals surface area contributed by atoms with Gasteiger partial charge in [0.05, 0.1) is 30.9 Å². The van der Waals surface area contributed by atoms with Crippen molar-refractivity contribution in [1.29, 1.82) is 0 Å². The van der Waals surface area contributed by atoms with E-state index in [1.54, 1.807) is 13.3 Å². The summed E-state index contributed by atoms with van der Waals surface area (Å²) in [4.78, 5) is 0. The van der Waals surface area contributed by atoms with Gasteiger partial charge in [-0.25, -0.2) is 0 Å². The lowest BCUT2D eigenvalue weighted by Gasteiger charge is -2.12. The Labute approximate surface area is 192 Å². The topological polar surface area (TPSA) is 53.6 Å². The van der Waals surface area contributed by atoms with E-state index in [-0.39, 0.29) is 0 Å². The van der Waals surface area contributed by atoms with Gasteiger partial charge in [0.1, 0.15) is 17.1 Å². The van der Waals surface area contributed by atoms with Crippen LogP contribution in [0.15, 0.2) is 81.4 Å². The molecule has 0 spiro atoms. The fourth-order valence-electron chi connectivity index (χ4n) is 4.59. The van der Waals surface area contributed by atoms with Crippen molar-refractivity contribution in [1.82, 2.24) is 0 Å². The molecule has 6 heteroatoms. The number of methoxy groups -OCH3 is 1. The number of anilines is 2. The van der Waals surface area contributed by atoms with Crippen LogP contribution in [0, 0.1) is 0 Å². The van der Waals surface area contributed by atoms with Crippen molar-refractivity contribution in [3.8, 4) is 5.75 Å². The lowest BCUT2D eigenvalue weighted by Crippen LogP contribution is -2.12. The molecule has 0 amide bonds. The Morgan fingerprint density at radius 2 is 1.45 bits per heavy atom. The minimum Gasteiger partial charge on any atom is -0.497 e. The summed E-state index contributed by atoms with van der Waals surface area (Å²) >= 11 is 0. The van der Waals surface area contributed by atoms with Gasteiger partial charge < -0.3 is 9.15 Å². The molecule has 0 bridgehead atoms. The van der Waals surface area contributed by atoms with Gasteiger partial charge in [0.15, 0.2) is 0 Å². The van der Waals surface area contributed by atoms with Gasteiger partial charge >= 0.3 is 0 Å². The molecule has 4 aromatic rings. The van der Waals surface area contributed by atoms with E-state index in [4.69, 9.17) is 14.3 Å². The first-order valence-electron chi connectivity index (χ1n) is 11.2. The molecule has 0 saturated heterocycles. The van der Waals surface area contributed by atoms with Gasteiger partial charge in [-0.05, 0) is 54.3 Å². The van der Waals surface area contributed by atoms with E-state index in [1.165, 1.54) is 11.1 Å². The number of rotatable bonds is 5. The van der Waals surface area contributed by atoms with Gasteiger partial charge in [-0.3, -0.25) is 10.0 Å². The summed E-state index contributed by atoms with van der Waals surface area (Å²) in [6, 6.07) is 22.7. The van der Waals surface area contributed by atoms with Crippen molar-refractivity contribution in [3.63, 3.8) is 0 Å². The van der Waals surface area contributed by atoms with E-state index < -0.39 is 0 Å². The zero-order valence-electron chi connectivity index (χ0n) is 18.4. The summed E-state index contributed by atoms with van der Waals surface area (Å²) < 4.78 is 11.7. The second-order valence-electron chi connectivity index (χ2n) is 8.28. The molecule has 164 valence electrons. The van der Waals surface area contributed by atoms with Gasteiger partial charge in [0.2, 0.25) is 0 Å². The van der Waals surface area contributed by atoms with Crippen LogP contribution in [0.25, 0.3) is 11.0 Å². The molecule has 0 N–H and O–H groups in total. The Balaban J connectivity index is 1.31. The van der Waals surface area contributed by atoms with E-state index >= 15 is 0 Å². The van der Waals surface area contributed by atoms with E-state index in [2.05, 4.69) is 41.5 Å². The minimum atomic E-state index is 0.698. The first-order valence-corrected chi connectivity index (χ1v) is 11.2. The average Bonchev–Trinajstić information content (AvgIpc) is 3.57. The van der Waals surface area contributed by atoms with Gasteiger partial charge in [0.25, 0.3) is 0 Å². The third kappa shape index (κ3) is 3.63. The summed E-state index contributed by atoms with van der Waals surface area (Å²) in [5.41, 5.74) is 6.61. The van der Waals surface area contributed by atoms with E-state index in [0.717, 1.165) is 59.6 Å². The molecule has 2 aliphatic rings. The Morgan fingerprint density at radius 1 is 0.818 bits per heavy atom. The van der Waals surface area contributed by atoms with Crippen LogP contribution in [0.1, 0.15) is 22.5 Å². The molecule has 0 saturated carbocycles. The molecule has 0 atom stereocenters. The maximum atomic E-state index is 6.19. The molecular weight excluding hydrogens is 412 g/mol. The Morgan fingerprint density at radius 3 is 2.12 bits per heavy atom. The van der Waals surface area contributed by atoms with Gasteiger partial charge in [0, 0.05) is 24.0 Å². The molecule has 0 aliphatic carbocycles. The number of hydrazone groups is 2.